The minimum absolute atomic E-state index is 0.0552. The standard InChI is InChI=1S/C8H7BF3N4OS/c10-9(11,12)5-18-8-13-14-15-16(8)6-1-3-7(17)4-2-6/h1-4,17H,5H2/q-1. The lowest BCUT2D eigenvalue weighted by atomic mass is 9.98. The largest absolute Gasteiger partial charge is 0.508 e. The zero-order chi connectivity index (χ0) is 13.2. The van der Waals surface area contributed by atoms with Gasteiger partial charge >= 0.3 is 6.98 Å². The first kappa shape index (κ1) is 12.7. The van der Waals surface area contributed by atoms with Gasteiger partial charge in [0.05, 0.1) is 5.69 Å². The zero-order valence-corrected chi connectivity index (χ0v) is 9.69. The van der Waals surface area contributed by atoms with E-state index in [-0.39, 0.29) is 10.9 Å². The Bertz CT molecular complexity index is 530. The van der Waals surface area contributed by atoms with Crippen LogP contribution in [-0.2, 0) is 0 Å². The molecule has 1 N–H and O–H groups in total. The molecule has 5 nitrogen and oxygen atoms in total. The molecule has 0 saturated carbocycles. The van der Waals surface area contributed by atoms with Gasteiger partial charge in [0, 0.05) is 0 Å². The fourth-order valence-corrected chi connectivity index (χ4v) is 1.89. The summed E-state index contributed by atoms with van der Waals surface area (Å²) < 4.78 is 37.7. The summed E-state index contributed by atoms with van der Waals surface area (Å²) in [7, 11) is 0. The van der Waals surface area contributed by atoms with Gasteiger partial charge in [-0.3, -0.25) is 0 Å². The quantitative estimate of drug-likeness (QED) is 0.681. The highest BCUT2D eigenvalue weighted by Gasteiger charge is 2.24. The Hall–Kier alpha value is -1.71. The molecule has 0 aliphatic rings. The molecule has 96 valence electrons. The van der Waals surface area contributed by atoms with Crippen LogP contribution >= 0.6 is 11.8 Å². The number of nitrogens with zero attached hydrogens (tertiary/aromatic N) is 4. The van der Waals surface area contributed by atoms with Gasteiger partial charge in [-0.15, -0.1) is 16.9 Å². The average molecular weight is 275 g/mol. The van der Waals surface area contributed by atoms with E-state index in [1.54, 1.807) is 0 Å². The Morgan fingerprint density at radius 1 is 1.22 bits per heavy atom. The van der Waals surface area contributed by atoms with Crippen LogP contribution in [-0.4, -0.2) is 37.9 Å². The number of hydrogen-bond donors (Lipinski definition) is 1. The van der Waals surface area contributed by atoms with Crippen molar-refractivity contribution >= 4 is 18.7 Å². The summed E-state index contributed by atoms with van der Waals surface area (Å²) in [4.78, 5) is 0. The van der Waals surface area contributed by atoms with Gasteiger partial charge in [0.15, 0.2) is 0 Å². The van der Waals surface area contributed by atoms with Gasteiger partial charge in [0.25, 0.3) is 0 Å². The second-order valence-electron chi connectivity index (χ2n) is 3.41. The number of halogens is 3. The predicted molar refractivity (Wildman–Crippen MR) is 60.6 cm³/mol. The highest BCUT2D eigenvalue weighted by Crippen LogP contribution is 2.24. The summed E-state index contributed by atoms with van der Waals surface area (Å²) in [5.41, 5.74) is -0.520. The summed E-state index contributed by atoms with van der Waals surface area (Å²) >= 11 is 0.527. The lowest BCUT2D eigenvalue weighted by Crippen LogP contribution is -2.19. The van der Waals surface area contributed by atoms with Crippen LogP contribution in [0.15, 0.2) is 29.4 Å². The van der Waals surface area contributed by atoms with Crippen LogP contribution in [0.4, 0.5) is 12.9 Å². The molecule has 0 atom stereocenters. The van der Waals surface area contributed by atoms with Gasteiger partial charge in [-0.2, -0.15) is 4.68 Å². The van der Waals surface area contributed by atoms with E-state index in [4.69, 9.17) is 5.11 Å². The second-order valence-corrected chi connectivity index (χ2v) is 4.40. The van der Waals surface area contributed by atoms with Crippen molar-refractivity contribution in [3.05, 3.63) is 24.3 Å². The third kappa shape index (κ3) is 3.16. The van der Waals surface area contributed by atoms with Crippen molar-refractivity contribution in [1.82, 2.24) is 20.2 Å². The fraction of sp³-hybridized carbons (Fsp3) is 0.125. The minimum atomic E-state index is -4.89. The molecule has 10 heteroatoms. The van der Waals surface area contributed by atoms with E-state index in [2.05, 4.69) is 15.5 Å². The molecular formula is C8H7BF3N4OS-. The molecule has 0 bridgehead atoms. The summed E-state index contributed by atoms with van der Waals surface area (Å²) in [6.07, 6.45) is 0. The van der Waals surface area contributed by atoms with Crippen molar-refractivity contribution in [3.8, 4) is 11.4 Å². The van der Waals surface area contributed by atoms with Gasteiger partial charge in [-0.05, 0) is 40.3 Å². The van der Waals surface area contributed by atoms with Crippen LogP contribution in [0, 0.1) is 0 Å². The molecule has 0 amide bonds. The first-order chi connectivity index (χ1) is 8.46. The molecule has 0 aliphatic heterocycles. The molecule has 1 heterocycles. The number of benzene rings is 1. The maximum absolute atomic E-state index is 12.2. The number of thioether (sulfide) groups is 1. The molecule has 0 saturated heterocycles. The lowest BCUT2D eigenvalue weighted by Gasteiger charge is -2.12. The van der Waals surface area contributed by atoms with Crippen molar-refractivity contribution in [2.75, 3.05) is 5.65 Å². The molecule has 2 rings (SSSR count). The first-order valence-electron chi connectivity index (χ1n) is 4.87. The number of phenolic OH excluding ortho intramolecular Hbond substituents is 1. The molecule has 0 unspecified atom stereocenters. The van der Waals surface area contributed by atoms with Crippen molar-refractivity contribution in [1.29, 1.82) is 0 Å². The Morgan fingerprint density at radius 2 is 1.89 bits per heavy atom. The van der Waals surface area contributed by atoms with Crippen LogP contribution < -0.4 is 0 Å². The molecule has 0 fully saturated rings. The second kappa shape index (κ2) is 4.88. The van der Waals surface area contributed by atoms with E-state index >= 15 is 0 Å². The average Bonchev–Trinajstić information content (AvgIpc) is 2.75. The topological polar surface area (TPSA) is 63.8 Å². The Labute approximate surface area is 104 Å². The maximum atomic E-state index is 12.2. The lowest BCUT2D eigenvalue weighted by molar-refractivity contribution is 0.475. The Kier molecular flexibility index (Phi) is 3.46. The number of rotatable bonds is 4. The molecule has 1 aromatic carbocycles. The number of hydrogen-bond acceptors (Lipinski definition) is 5. The highest BCUT2D eigenvalue weighted by atomic mass is 32.2. The van der Waals surface area contributed by atoms with Crippen LogP contribution in [0.5, 0.6) is 5.75 Å². The van der Waals surface area contributed by atoms with Crippen LogP contribution in [0.3, 0.4) is 0 Å². The number of tetrazole rings is 1. The van der Waals surface area contributed by atoms with Gasteiger partial charge < -0.3 is 18.1 Å². The van der Waals surface area contributed by atoms with Crippen molar-refractivity contribution < 1.29 is 18.1 Å². The summed E-state index contributed by atoms with van der Waals surface area (Å²) in [5.74, 6) is 0.0552. The third-order valence-electron chi connectivity index (χ3n) is 1.94. The SMILES string of the molecule is Oc1ccc(-n2nnnc2SC[B-](F)(F)F)cc1. The van der Waals surface area contributed by atoms with Gasteiger partial charge in [-0.25, -0.2) is 0 Å². The normalized spacial score (nSPS) is 11.7. The van der Waals surface area contributed by atoms with E-state index in [0.717, 1.165) is 0 Å². The monoisotopic (exact) mass is 275 g/mol. The molecular weight excluding hydrogens is 268 g/mol. The van der Waals surface area contributed by atoms with E-state index in [1.165, 1.54) is 28.9 Å². The highest BCUT2D eigenvalue weighted by molar-refractivity contribution is 8.00. The van der Waals surface area contributed by atoms with Crippen molar-refractivity contribution in [2.45, 2.75) is 5.16 Å². The molecule has 1 aromatic heterocycles. The van der Waals surface area contributed by atoms with Gasteiger partial charge in [0.2, 0.25) is 5.16 Å². The number of phenols is 1. The predicted octanol–water partition coefficient (Wildman–Crippen LogP) is 1.85. The smallest absolute Gasteiger partial charge is 0.488 e. The van der Waals surface area contributed by atoms with Crippen molar-refractivity contribution in [3.63, 3.8) is 0 Å². The summed E-state index contributed by atoms with van der Waals surface area (Å²) in [6.45, 7) is -4.89. The van der Waals surface area contributed by atoms with Crippen molar-refractivity contribution in [2.24, 2.45) is 0 Å². The summed E-state index contributed by atoms with van der Waals surface area (Å²) in [5, 5.41) is 19.7. The van der Waals surface area contributed by atoms with E-state index in [1.807, 2.05) is 0 Å². The van der Waals surface area contributed by atoms with Crippen LogP contribution in [0.1, 0.15) is 0 Å². The maximum Gasteiger partial charge on any atom is 0.488 e. The van der Waals surface area contributed by atoms with Gasteiger partial charge in [-0.1, -0.05) is 0 Å². The van der Waals surface area contributed by atoms with Crippen LogP contribution in [0.2, 0.25) is 0 Å². The molecule has 0 radical (unpaired) electrons. The van der Waals surface area contributed by atoms with Gasteiger partial charge in [0.1, 0.15) is 5.75 Å². The number of aromatic hydroxyl groups is 1. The van der Waals surface area contributed by atoms with E-state index < -0.39 is 12.6 Å². The molecule has 0 spiro atoms. The Morgan fingerprint density at radius 3 is 2.50 bits per heavy atom. The third-order valence-corrected chi connectivity index (χ3v) is 2.99. The molecule has 0 aliphatic carbocycles. The Balaban J connectivity index is 2.20. The minimum Gasteiger partial charge on any atom is -0.508 e. The molecule has 18 heavy (non-hydrogen) atoms. The van der Waals surface area contributed by atoms with Crippen LogP contribution in [0.25, 0.3) is 5.69 Å². The number of aromatic nitrogens is 4. The molecule has 2 aromatic rings. The summed E-state index contributed by atoms with van der Waals surface area (Å²) in [6, 6.07) is 5.82. The van der Waals surface area contributed by atoms with E-state index in [0.29, 0.717) is 17.4 Å². The zero-order valence-electron chi connectivity index (χ0n) is 8.87. The van der Waals surface area contributed by atoms with E-state index in [9.17, 15) is 12.9 Å². The fourth-order valence-electron chi connectivity index (χ4n) is 1.19. The first-order valence-corrected chi connectivity index (χ1v) is 5.86.